The molecule has 1 aliphatic rings. The van der Waals surface area contributed by atoms with Gasteiger partial charge in [-0.3, -0.25) is 15.2 Å². The zero-order valence-corrected chi connectivity index (χ0v) is 18.9. The summed E-state index contributed by atoms with van der Waals surface area (Å²) in [4.78, 5) is 18.4. The van der Waals surface area contributed by atoms with Crippen LogP contribution in [0.1, 0.15) is 23.2 Å². The third-order valence-corrected chi connectivity index (χ3v) is 8.77. The largest absolute Gasteiger partial charge is 0.382 e. The second kappa shape index (κ2) is 8.19. The van der Waals surface area contributed by atoms with E-state index in [1.165, 1.54) is 6.20 Å². The van der Waals surface area contributed by atoms with Crippen LogP contribution in [0.4, 0.5) is 0 Å². The van der Waals surface area contributed by atoms with Gasteiger partial charge in [-0.15, -0.1) is 11.3 Å². The van der Waals surface area contributed by atoms with Gasteiger partial charge in [-0.2, -0.15) is 4.72 Å². The number of amides is 1. The highest BCUT2D eigenvalue weighted by Gasteiger charge is 2.36. The number of hydrogen-bond donors (Lipinski definition) is 3. The highest BCUT2D eigenvalue weighted by atomic mass is 35.5. The minimum atomic E-state index is -3.87. The van der Waals surface area contributed by atoms with Crippen LogP contribution in [0.25, 0.3) is 10.1 Å². The van der Waals surface area contributed by atoms with Crippen molar-refractivity contribution in [1.82, 2.24) is 14.6 Å². The number of likely N-dealkylation sites (tertiary alicyclic amines) is 1. The van der Waals surface area contributed by atoms with E-state index in [0.29, 0.717) is 35.8 Å². The van der Waals surface area contributed by atoms with Gasteiger partial charge in [0.25, 0.3) is 10.0 Å². The van der Waals surface area contributed by atoms with E-state index >= 15 is 0 Å². The predicted octanol–water partition coefficient (Wildman–Crippen LogP) is 2.62. The summed E-state index contributed by atoms with van der Waals surface area (Å²) in [7, 11) is -3.87. The minimum absolute atomic E-state index is 0.153. The maximum Gasteiger partial charge on any atom is 0.251 e. The third kappa shape index (κ3) is 4.29. The molecule has 8 nitrogen and oxygen atoms in total. The second-order valence-corrected chi connectivity index (χ2v) is 10.7. The van der Waals surface area contributed by atoms with Crippen LogP contribution in [-0.4, -0.2) is 42.6 Å². The summed E-state index contributed by atoms with van der Waals surface area (Å²) in [5.74, 6) is -0.438. The number of thiophene rings is 1. The van der Waals surface area contributed by atoms with E-state index in [0.717, 1.165) is 27.0 Å². The molecule has 1 fully saturated rings. The third-order valence-electron chi connectivity index (χ3n) is 5.17. The first kappa shape index (κ1) is 21.7. The predicted molar refractivity (Wildman–Crippen MR) is 121 cm³/mol. The number of sulfonamides is 1. The van der Waals surface area contributed by atoms with Crippen molar-refractivity contribution >= 4 is 54.8 Å². The standard InChI is InChI=1S/C20H20ClN5O3S2/c1-11-14-9-13(21)2-3-17(14)30-20(11)31(28,29)25-15-5-7-26(19(15)27)10-12-4-6-24-16(8-12)18(22)23/h2-4,6,8-9,15,25H,5,7,10H2,1H3,(H3,22,23). The first-order valence-corrected chi connectivity index (χ1v) is 12.1. The number of carbonyl (C=O) groups excluding carboxylic acids is 1. The zero-order valence-electron chi connectivity index (χ0n) is 16.6. The number of benzene rings is 1. The summed E-state index contributed by atoms with van der Waals surface area (Å²) < 4.78 is 29.7. The van der Waals surface area contributed by atoms with Crippen LogP contribution in [0.5, 0.6) is 0 Å². The summed E-state index contributed by atoms with van der Waals surface area (Å²) in [5, 5.41) is 8.82. The number of pyridine rings is 1. The van der Waals surface area contributed by atoms with Crippen molar-refractivity contribution in [1.29, 1.82) is 5.41 Å². The van der Waals surface area contributed by atoms with Crippen LogP contribution in [0.2, 0.25) is 5.02 Å². The van der Waals surface area contributed by atoms with Crippen molar-refractivity contribution in [3.05, 3.63) is 58.4 Å². The molecular formula is C20H20ClN5O3S2. The van der Waals surface area contributed by atoms with Crippen molar-refractivity contribution in [3.8, 4) is 0 Å². The zero-order chi connectivity index (χ0) is 22.3. The molecular weight excluding hydrogens is 458 g/mol. The molecule has 1 amide bonds. The van der Waals surface area contributed by atoms with Gasteiger partial charge in [-0.05, 0) is 60.2 Å². The Labute approximate surface area is 188 Å². The lowest BCUT2D eigenvalue weighted by Gasteiger charge is -2.17. The number of aryl methyl sites for hydroxylation is 1. The van der Waals surface area contributed by atoms with E-state index in [-0.39, 0.29) is 16.0 Å². The van der Waals surface area contributed by atoms with Gasteiger partial charge in [0, 0.05) is 29.0 Å². The summed E-state index contributed by atoms with van der Waals surface area (Å²) in [5.41, 5.74) is 7.19. The lowest BCUT2D eigenvalue weighted by Crippen LogP contribution is -2.41. The van der Waals surface area contributed by atoms with Crippen LogP contribution in [0.15, 0.2) is 40.7 Å². The van der Waals surface area contributed by atoms with Crippen molar-refractivity contribution < 1.29 is 13.2 Å². The molecule has 1 atom stereocenters. The fourth-order valence-corrected chi connectivity index (χ4v) is 6.77. The molecule has 4 N–H and O–H groups in total. The number of nitrogens with two attached hydrogens (primary N) is 1. The molecule has 0 bridgehead atoms. The number of fused-ring (bicyclic) bond motifs is 1. The number of nitrogen functional groups attached to an aromatic ring is 1. The summed E-state index contributed by atoms with van der Waals surface area (Å²) in [6.07, 6.45) is 1.90. The van der Waals surface area contributed by atoms with Crippen molar-refractivity contribution in [2.45, 2.75) is 30.1 Å². The Kier molecular flexibility index (Phi) is 5.73. The number of amidine groups is 1. The number of rotatable bonds is 6. The SMILES string of the molecule is Cc1c(S(=O)(=O)NC2CCN(Cc3ccnc(C(=N)N)c3)C2=O)sc2ccc(Cl)cc12. The molecule has 31 heavy (non-hydrogen) atoms. The number of carbonyl (C=O) groups is 1. The maximum atomic E-state index is 13.0. The van der Waals surface area contributed by atoms with E-state index in [2.05, 4.69) is 9.71 Å². The molecule has 4 rings (SSSR count). The fourth-order valence-electron chi connectivity index (χ4n) is 3.61. The Morgan fingerprint density at radius 2 is 2.16 bits per heavy atom. The van der Waals surface area contributed by atoms with Crippen molar-refractivity contribution in [3.63, 3.8) is 0 Å². The molecule has 1 aliphatic heterocycles. The first-order valence-electron chi connectivity index (χ1n) is 9.45. The second-order valence-electron chi connectivity index (χ2n) is 7.34. The Morgan fingerprint density at radius 1 is 1.39 bits per heavy atom. The van der Waals surface area contributed by atoms with Gasteiger partial charge in [0.15, 0.2) is 0 Å². The van der Waals surface area contributed by atoms with E-state index in [4.69, 9.17) is 22.7 Å². The average Bonchev–Trinajstić information content (AvgIpc) is 3.23. The molecule has 0 spiro atoms. The van der Waals surface area contributed by atoms with Crippen LogP contribution < -0.4 is 10.5 Å². The van der Waals surface area contributed by atoms with E-state index in [9.17, 15) is 13.2 Å². The highest BCUT2D eigenvalue weighted by Crippen LogP contribution is 2.35. The molecule has 162 valence electrons. The molecule has 11 heteroatoms. The van der Waals surface area contributed by atoms with Gasteiger partial charge >= 0.3 is 0 Å². The molecule has 1 saturated heterocycles. The van der Waals surface area contributed by atoms with Gasteiger partial charge in [0.05, 0.1) is 0 Å². The molecule has 3 heterocycles. The molecule has 0 radical (unpaired) electrons. The smallest absolute Gasteiger partial charge is 0.251 e. The van der Waals surface area contributed by atoms with Gasteiger partial charge in [-0.1, -0.05) is 11.6 Å². The molecule has 2 aromatic heterocycles. The van der Waals surface area contributed by atoms with Crippen LogP contribution in [0, 0.1) is 12.3 Å². The first-order chi connectivity index (χ1) is 14.7. The summed E-state index contributed by atoms with van der Waals surface area (Å²) in [6.45, 7) is 2.45. The molecule has 0 saturated carbocycles. The average molecular weight is 478 g/mol. The molecule has 1 aromatic carbocycles. The van der Waals surface area contributed by atoms with Gasteiger partial charge in [0.1, 0.15) is 21.8 Å². The van der Waals surface area contributed by atoms with Crippen molar-refractivity contribution in [2.24, 2.45) is 5.73 Å². The number of aromatic nitrogens is 1. The summed E-state index contributed by atoms with van der Waals surface area (Å²) >= 11 is 7.21. The Bertz CT molecular complexity index is 1310. The van der Waals surface area contributed by atoms with E-state index < -0.39 is 16.1 Å². The Hall–Kier alpha value is -2.53. The number of halogens is 1. The van der Waals surface area contributed by atoms with Gasteiger partial charge in [-0.25, -0.2) is 8.42 Å². The van der Waals surface area contributed by atoms with Crippen LogP contribution in [0.3, 0.4) is 0 Å². The number of nitrogens with one attached hydrogen (secondary N) is 2. The summed E-state index contributed by atoms with van der Waals surface area (Å²) in [6, 6.07) is 7.82. The number of hydrogen-bond acceptors (Lipinski definition) is 6. The quantitative estimate of drug-likeness (QED) is 0.371. The monoisotopic (exact) mass is 477 g/mol. The van der Waals surface area contributed by atoms with Crippen LogP contribution >= 0.6 is 22.9 Å². The van der Waals surface area contributed by atoms with E-state index in [1.54, 1.807) is 42.2 Å². The highest BCUT2D eigenvalue weighted by molar-refractivity contribution is 7.91. The van der Waals surface area contributed by atoms with Crippen LogP contribution in [-0.2, 0) is 21.4 Å². The van der Waals surface area contributed by atoms with Gasteiger partial charge < -0.3 is 10.6 Å². The maximum absolute atomic E-state index is 13.0. The lowest BCUT2D eigenvalue weighted by molar-refractivity contribution is -0.129. The Morgan fingerprint density at radius 3 is 2.90 bits per heavy atom. The van der Waals surface area contributed by atoms with E-state index in [1.807, 2.05) is 0 Å². The topological polar surface area (TPSA) is 129 Å². The Balaban J connectivity index is 1.51. The minimum Gasteiger partial charge on any atom is -0.382 e. The molecule has 0 aliphatic carbocycles. The number of nitrogens with zero attached hydrogens (tertiary/aromatic N) is 2. The fraction of sp³-hybridized carbons (Fsp3) is 0.250. The normalized spacial score (nSPS) is 16.9. The molecule has 1 unspecified atom stereocenters. The lowest BCUT2D eigenvalue weighted by atomic mass is 10.2. The van der Waals surface area contributed by atoms with Crippen molar-refractivity contribution in [2.75, 3.05) is 6.54 Å². The molecule has 3 aromatic rings. The van der Waals surface area contributed by atoms with Gasteiger partial charge in [0.2, 0.25) is 5.91 Å².